The summed E-state index contributed by atoms with van der Waals surface area (Å²) in [4.78, 5) is 15.7. The minimum absolute atomic E-state index is 0.182. The summed E-state index contributed by atoms with van der Waals surface area (Å²) in [6.07, 6.45) is -3.19. The molecule has 0 fully saturated rings. The second kappa shape index (κ2) is 6.13. The molecular weight excluding hydrogens is 305 g/mol. The fraction of sp³-hybridized carbons (Fsp3) is 0.143. The second-order valence-electron chi connectivity index (χ2n) is 4.28. The molecule has 21 heavy (non-hydrogen) atoms. The number of alkyl halides is 3. The molecule has 1 aromatic carbocycles. The van der Waals surface area contributed by atoms with Crippen LogP contribution in [0.4, 0.5) is 19.0 Å². The van der Waals surface area contributed by atoms with E-state index in [-0.39, 0.29) is 17.8 Å². The van der Waals surface area contributed by atoms with Crippen LogP contribution in [0.25, 0.3) is 0 Å². The molecule has 1 heterocycles. The first kappa shape index (κ1) is 15.3. The maximum Gasteiger partial charge on any atom is 0.416 e. The van der Waals surface area contributed by atoms with Gasteiger partial charge in [0.05, 0.1) is 12.0 Å². The molecule has 0 saturated carbocycles. The monoisotopic (exact) mass is 314 g/mol. The number of hydrogen-bond acceptors (Lipinski definition) is 2. The van der Waals surface area contributed by atoms with Crippen LogP contribution in [0.2, 0.25) is 5.02 Å². The third-order valence-corrected chi connectivity index (χ3v) is 2.84. The molecule has 0 unspecified atom stereocenters. The molecule has 0 aliphatic rings. The van der Waals surface area contributed by atoms with Gasteiger partial charge in [-0.3, -0.25) is 4.79 Å². The summed E-state index contributed by atoms with van der Waals surface area (Å²) < 4.78 is 37.7. The van der Waals surface area contributed by atoms with Crippen LogP contribution in [-0.4, -0.2) is 10.9 Å². The molecule has 0 spiro atoms. The number of nitrogens with zero attached hydrogens (tertiary/aromatic N) is 1. The van der Waals surface area contributed by atoms with Crippen LogP contribution in [0.1, 0.15) is 11.1 Å². The molecule has 2 rings (SSSR count). The van der Waals surface area contributed by atoms with Crippen LogP contribution in [0, 0.1) is 0 Å². The summed E-state index contributed by atoms with van der Waals surface area (Å²) in [6.45, 7) is 0. The molecule has 1 aromatic heterocycles. The standard InChI is InChI=1S/C14H10ClF3N2O/c15-11-4-5-19-12(8-11)20-13(21)7-9-2-1-3-10(6-9)14(16,17)18/h1-6,8H,7H2,(H,19,20,21). The zero-order valence-corrected chi connectivity index (χ0v) is 11.4. The first-order chi connectivity index (χ1) is 9.84. The number of amides is 1. The molecular formula is C14H10ClF3N2O. The Kier molecular flexibility index (Phi) is 4.47. The van der Waals surface area contributed by atoms with Crippen molar-refractivity contribution in [1.29, 1.82) is 0 Å². The molecule has 0 bridgehead atoms. The Labute approximate surface area is 123 Å². The minimum atomic E-state index is -4.43. The van der Waals surface area contributed by atoms with E-state index in [0.29, 0.717) is 5.02 Å². The number of aromatic nitrogens is 1. The lowest BCUT2D eigenvalue weighted by Gasteiger charge is -2.09. The van der Waals surface area contributed by atoms with Crippen molar-refractivity contribution in [2.75, 3.05) is 5.32 Å². The van der Waals surface area contributed by atoms with E-state index in [2.05, 4.69) is 10.3 Å². The van der Waals surface area contributed by atoms with E-state index in [0.717, 1.165) is 12.1 Å². The van der Waals surface area contributed by atoms with Gasteiger partial charge in [-0.15, -0.1) is 0 Å². The van der Waals surface area contributed by atoms with E-state index in [1.54, 1.807) is 6.07 Å². The van der Waals surface area contributed by atoms with E-state index in [9.17, 15) is 18.0 Å². The smallest absolute Gasteiger partial charge is 0.310 e. The molecule has 2 aromatic rings. The predicted octanol–water partition coefficient (Wildman–Crippen LogP) is 3.94. The third-order valence-electron chi connectivity index (χ3n) is 2.61. The first-order valence-corrected chi connectivity index (χ1v) is 6.30. The molecule has 1 N–H and O–H groups in total. The molecule has 0 saturated heterocycles. The topological polar surface area (TPSA) is 42.0 Å². The molecule has 7 heteroatoms. The van der Waals surface area contributed by atoms with Gasteiger partial charge in [-0.2, -0.15) is 13.2 Å². The molecule has 110 valence electrons. The van der Waals surface area contributed by atoms with Gasteiger partial charge in [-0.25, -0.2) is 4.98 Å². The summed E-state index contributed by atoms with van der Waals surface area (Å²) >= 11 is 5.74. The third kappa shape index (κ3) is 4.46. The Balaban J connectivity index is 2.06. The predicted molar refractivity (Wildman–Crippen MR) is 73.0 cm³/mol. The van der Waals surface area contributed by atoms with Crippen molar-refractivity contribution >= 4 is 23.3 Å². The van der Waals surface area contributed by atoms with E-state index in [1.807, 2.05) is 0 Å². The maximum absolute atomic E-state index is 12.6. The number of nitrogens with one attached hydrogen (secondary N) is 1. The average Bonchev–Trinajstić information content (AvgIpc) is 2.37. The highest BCUT2D eigenvalue weighted by Crippen LogP contribution is 2.29. The van der Waals surface area contributed by atoms with E-state index < -0.39 is 17.6 Å². The van der Waals surface area contributed by atoms with Crippen LogP contribution in [0.5, 0.6) is 0 Å². The van der Waals surface area contributed by atoms with Crippen molar-refractivity contribution in [2.45, 2.75) is 12.6 Å². The number of anilines is 1. The van der Waals surface area contributed by atoms with Crippen molar-refractivity contribution in [1.82, 2.24) is 4.98 Å². The van der Waals surface area contributed by atoms with Crippen LogP contribution in [-0.2, 0) is 17.4 Å². The van der Waals surface area contributed by atoms with Gasteiger partial charge in [-0.05, 0) is 23.8 Å². The van der Waals surface area contributed by atoms with Gasteiger partial charge < -0.3 is 5.32 Å². The Bertz CT molecular complexity index is 659. The molecule has 0 radical (unpaired) electrons. The first-order valence-electron chi connectivity index (χ1n) is 5.92. The van der Waals surface area contributed by atoms with Crippen LogP contribution >= 0.6 is 11.6 Å². The number of carbonyl (C=O) groups excluding carboxylic acids is 1. The van der Waals surface area contributed by atoms with Gasteiger partial charge in [0.2, 0.25) is 5.91 Å². The van der Waals surface area contributed by atoms with E-state index in [4.69, 9.17) is 11.6 Å². The highest BCUT2D eigenvalue weighted by Gasteiger charge is 2.30. The Morgan fingerprint density at radius 2 is 2.00 bits per heavy atom. The largest absolute Gasteiger partial charge is 0.416 e. The van der Waals surface area contributed by atoms with Crippen LogP contribution < -0.4 is 5.32 Å². The fourth-order valence-electron chi connectivity index (χ4n) is 1.70. The number of benzene rings is 1. The van der Waals surface area contributed by atoms with Gasteiger partial charge in [0.1, 0.15) is 5.82 Å². The Morgan fingerprint density at radius 1 is 1.24 bits per heavy atom. The highest BCUT2D eigenvalue weighted by atomic mass is 35.5. The van der Waals surface area contributed by atoms with Gasteiger partial charge in [-0.1, -0.05) is 29.8 Å². The lowest BCUT2D eigenvalue weighted by Crippen LogP contribution is -2.15. The molecule has 1 amide bonds. The van der Waals surface area contributed by atoms with E-state index in [1.165, 1.54) is 24.4 Å². The highest BCUT2D eigenvalue weighted by molar-refractivity contribution is 6.30. The SMILES string of the molecule is O=C(Cc1cccc(C(F)(F)F)c1)Nc1cc(Cl)ccn1. The molecule has 3 nitrogen and oxygen atoms in total. The summed E-state index contributed by atoms with van der Waals surface area (Å²) in [5, 5.41) is 2.88. The quantitative estimate of drug-likeness (QED) is 0.932. The second-order valence-corrected chi connectivity index (χ2v) is 4.72. The fourth-order valence-corrected chi connectivity index (χ4v) is 1.86. The zero-order valence-electron chi connectivity index (χ0n) is 10.6. The van der Waals surface area contributed by atoms with Crippen molar-refractivity contribution in [3.63, 3.8) is 0 Å². The summed E-state index contributed by atoms with van der Waals surface area (Å²) in [6, 6.07) is 7.63. The molecule has 0 atom stereocenters. The summed E-state index contributed by atoms with van der Waals surface area (Å²) in [5.74, 6) is -0.219. The summed E-state index contributed by atoms with van der Waals surface area (Å²) in [5.41, 5.74) is -0.516. The van der Waals surface area contributed by atoms with Crippen LogP contribution in [0.15, 0.2) is 42.6 Å². The Hall–Kier alpha value is -2.08. The number of carbonyl (C=O) groups is 1. The van der Waals surface area contributed by atoms with Crippen LogP contribution in [0.3, 0.4) is 0 Å². The van der Waals surface area contributed by atoms with Gasteiger partial charge in [0.15, 0.2) is 0 Å². The lowest BCUT2D eigenvalue weighted by atomic mass is 10.1. The average molecular weight is 315 g/mol. The Morgan fingerprint density at radius 3 is 2.67 bits per heavy atom. The molecule has 0 aliphatic carbocycles. The number of halogens is 4. The maximum atomic E-state index is 12.6. The summed E-state index contributed by atoms with van der Waals surface area (Å²) in [7, 11) is 0. The number of pyridine rings is 1. The number of hydrogen-bond donors (Lipinski definition) is 1. The van der Waals surface area contributed by atoms with Crippen molar-refractivity contribution < 1.29 is 18.0 Å². The number of rotatable bonds is 3. The van der Waals surface area contributed by atoms with Gasteiger partial charge in [0, 0.05) is 11.2 Å². The van der Waals surface area contributed by atoms with Crippen molar-refractivity contribution in [3.05, 3.63) is 58.7 Å². The van der Waals surface area contributed by atoms with Crippen molar-refractivity contribution in [2.24, 2.45) is 0 Å². The van der Waals surface area contributed by atoms with Gasteiger partial charge >= 0.3 is 6.18 Å². The lowest BCUT2D eigenvalue weighted by molar-refractivity contribution is -0.137. The normalized spacial score (nSPS) is 11.2. The zero-order chi connectivity index (χ0) is 15.5. The van der Waals surface area contributed by atoms with Crippen molar-refractivity contribution in [3.8, 4) is 0 Å². The minimum Gasteiger partial charge on any atom is -0.310 e. The van der Waals surface area contributed by atoms with E-state index >= 15 is 0 Å². The van der Waals surface area contributed by atoms with Gasteiger partial charge in [0.25, 0.3) is 0 Å². The molecule has 0 aliphatic heterocycles.